The van der Waals surface area contributed by atoms with Gasteiger partial charge < -0.3 is 0 Å². The molecule has 0 aliphatic rings. The second kappa shape index (κ2) is 6.49. The van der Waals surface area contributed by atoms with Gasteiger partial charge in [0, 0.05) is 12.4 Å². The van der Waals surface area contributed by atoms with Crippen LogP contribution in [0.1, 0.15) is 49.3 Å². The van der Waals surface area contributed by atoms with Crippen molar-refractivity contribution in [3.05, 3.63) is 58.2 Å². The van der Waals surface area contributed by atoms with Crippen molar-refractivity contribution in [2.24, 2.45) is 12.5 Å². The van der Waals surface area contributed by atoms with E-state index >= 15 is 0 Å². The van der Waals surface area contributed by atoms with Crippen LogP contribution in [0.3, 0.4) is 0 Å². The van der Waals surface area contributed by atoms with Crippen molar-refractivity contribution in [3.8, 4) is 0 Å². The minimum atomic E-state index is -2.48. The van der Waals surface area contributed by atoms with Crippen LogP contribution in [0, 0.1) is 26.1 Å². The molecular weight excluding hydrogens is 384 g/mol. The fourth-order valence-corrected chi connectivity index (χ4v) is 5.39. The Bertz CT molecular complexity index is 1670. The van der Waals surface area contributed by atoms with Crippen molar-refractivity contribution in [3.63, 3.8) is 0 Å². The van der Waals surface area contributed by atoms with Crippen molar-refractivity contribution >= 4 is 54.0 Å². The second-order valence-electron chi connectivity index (χ2n) is 9.22. The van der Waals surface area contributed by atoms with Crippen LogP contribution in [0.5, 0.6) is 0 Å². The fraction of sp³-hybridized carbons (Fsp3) is 0.333. The molecule has 2 aromatic heterocycles. The molecule has 2 heterocycles. The van der Waals surface area contributed by atoms with Crippen molar-refractivity contribution < 1.29 is 11.4 Å². The lowest BCUT2D eigenvalue weighted by Crippen LogP contribution is -2.31. The third-order valence-electron chi connectivity index (χ3n) is 5.64. The number of nitrogens with zero attached hydrogens (tertiary/aromatic N) is 2. The SMILES string of the molecule is [2H]C([2H])([2H])c1c[n+](C)c2c3c(C)cccc3c3cc4sc(C)nc4cc3c2c1C([2H])([2H])C(C)(C)C. The monoisotopic (exact) mass is 418 g/mol. The minimum absolute atomic E-state index is 0.0521. The minimum Gasteiger partial charge on any atom is -0.241 e. The highest BCUT2D eigenvalue weighted by atomic mass is 32.1. The molecule has 0 N–H and O–H groups in total. The molecule has 0 unspecified atom stereocenters. The average molecular weight is 419 g/mol. The van der Waals surface area contributed by atoms with Crippen LogP contribution in [-0.2, 0) is 13.4 Å². The summed E-state index contributed by atoms with van der Waals surface area (Å²) in [7, 11) is 1.86. The van der Waals surface area contributed by atoms with Crippen molar-refractivity contribution in [1.82, 2.24) is 4.98 Å². The van der Waals surface area contributed by atoms with Crippen LogP contribution >= 0.6 is 11.3 Å². The van der Waals surface area contributed by atoms with E-state index < -0.39 is 18.6 Å². The van der Waals surface area contributed by atoms with E-state index in [0.29, 0.717) is 5.39 Å². The van der Waals surface area contributed by atoms with Crippen LogP contribution in [0.4, 0.5) is 0 Å². The lowest BCUT2D eigenvalue weighted by molar-refractivity contribution is -0.644. The Morgan fingerprint density at radius 1 is 1.07 bits per heavy atom. The number of hydrogen-bond donors (Lipinski definition) is 0. The normalized spacial score (nSPS) is 16.0. The van der Waals surface area contributed by atoms with Gasteiger partial charge in [0.25, 0.3) is 0 Å². The number of fused-ring (bicyclic) bond motifs is 7. The third kappa shape index (κ3) is 2.91. The van der Waals surface area contributed by atoms with Gasteiger partial charge in [-0.15, -0.1) is 11.3 Å². The molecule has 0 saturated carbocycles. The van der Waals surface area contributed by atoms with E-state index in [0.717, 1.165) is 47.8 Å². The van der Waals surface area contributed by atoms with Gasteiger partial charge in [0.1, 0.15) is 7.05 Å². The number of thiazole rings is 1. The first-order chi connectivity index (χ1) is 16.1. The van der Waals surface area contributed by atoms with E-state index in [1.165, 1.54) is 0 Å². The predicted molar refractivity (Wildman–Crippen MR) is 131 cm³/mol. The first kappa shape index (κ1) is 14.5. The summed E-state index contributed by atoms with van der Waals surface area (Å²) in [6.45, 7) is 7.03. The largest absolute Gasteiger partial charge is 0.241 e. The summed E-state index contributed by atoms with van der Waals surface area (Å²) in [4.78, 5) is 4.71. The Morgan fingerprint density at radius 2 is 1.87 bits per heavy atom. The van der Waals surface area contributed by atoms with Gasteiger partial charge >= 0.3 is 0 Å². The number of aromatic nitrogens is 2. The number of rotatable bonds is 1. The molecule has 0 radical (unpaired) electrons. The molecule has 0 aliphatic carbocycles. The van der Waals surface area contributed by atoms with Gasteiger partial charge in [-0.3, -0.25) is 0 Å². The Morgan fingerprint density at radius 3 is 2.60 bits per heavy atom. The molecule has 3 aromatic carbocycles. The van der Waals surface area contributed by atoms with Crippen LogP contribution in [0.15, 0.2) is 36.5 Å². The number of hydrogen-bond acceptors (Lipinski definition) is 2. The summed E-state index contributed by atoms with van der Waals surface area (Å²) in [6, 6.07) is 10.3. The van der Waals surface area contributed by atoms with Gasteiger partial charge in [-0.05, 0) is 71.9 Å². The zero-order valence-electron chi connectivity index (χ0n) is 23.3. The van der Waals surface area contributed by atoms with Crippen LogP contribution in [0.25, 0.3) is 42.7 Å². The molecule has 0 atom stereocenters. The summed E-state index contributed by atoms with van der Waals surface area (Å²) in [5.74, 6) is 0. The van der Waals surface area contributed by atoms with E-state index in [1.807, 2.05) is 51.4 Å². The zero-order chi connectivity index (χ0) is 25.7. The Kier molecular flexibility index (Phi) is 3.13. The topological polar surface area (TPSA) is 16.8 Å². The van der Waals surface area contributed by atoms with E-state index in [2.05, 4.69) is 25.1 Å². The first-order valence-electron chi connectivity index (χ1n) is 12.7. The molecule has 30 heavy (non-hydrogen) atoms. The van der Waals surface area contributed by atoms with Gasteiger partial charge in [-0.25, -0.2) is 9.55 Å². The summed E-state index contributed by atoms with van der Waals surface area (Å²) >= 11 is 1.63. The number of benzene rings is 3. The van der Waals surface area contributed by atoms with E-state index in [9.17, 15) is 2.74 Å². The van der Waals surface area contributed by atoms with E-state index in [1.54, 1.807) is 17.5 Å². The van der Waals surface area contributed by atoms with Crippen LogP contribution in [0.2, 0.25) is 0 Å². The standard InChI is InChI=1S/C27H29N2S/c1-15-9-8-10-18-19-12-23-22(28-17(3)30-23)11-20(19)25-21(13-27(4,5)6)16(2)14-29(7)26(25)24(15)18/h8-12,14H,13H2,1-7H3/q+1/i2D3,13D2. The number of aryl methyl sites for hydroxylation is 4. The highest BCUT2D eigenvalue weighted by Crippen LogP contribution is 2.41. The van der Waals surface area contributed by atoms with Crippen molar-refractivity contribution in [1.29, 1.82) is 0 Å². The second-order valence-corrected chi connectivity index (χ2v) is 10.5. The first-order valence-corrected chi connectivity index (χ1v) is 11.0. The zero-order valence-corrected chi connectivity index (χ0v) is 19.1. The van der Waals surface area contributed by atoms with Crippen LogP contribution in [-0.4, -0.2) is 4.98 Å². The molecule has 0 bridgehead atoms. The molecule has 0 spiro atoms. The number of pyridine rings is 1. The molecule has 3 heteroatoms. The highest BCUT2D eigenvalue weighted by Gasteiger charge is 2.25. The molecule has 2 nitrogen and oxygen atoms in total. The Hall–Kier alpha value is -2.52. The predicted octanol–water partition coefficient (Wildman–Crippen LogP) is 7.09. The lowest BCUT2D eigenvalue weighted by Gasteiger charge is -2.22. The molecule has 0 amide bonds. The molecule has 152 valence electrons. The fourth-order valence-electron chi connectivity index (χ4n) is 4.55. The van der Waals surface area contributed by atoms with E-state index in [-0.39, 0.29) is 11.1 Å². The third-order valence-corrected chi connectivity index (χ3v) is 6.57. The molecular formula is C27H29N2S+. The summed E-state index contributed by atoms with van der Waals surface area (Å²) < 4.78 is 46.6. The maximum atomic E-state index is 9.29. The maximum Gasteiger partial charge on any atom is 0.221 e. The van der Waals surface area contributed by atoms with Gasteiger partial charge in [0.05, 0.1) is 26.0 Å². The van der Waals surface area contributed by atoms with Gasteiger partial charge in [-0.2, -0.15) is 0 Å². The summed E-state index contributed by atoms with van der Waals surface area (Å²) in [5.41, 5.74) is 2.21. The average Bonchev–Trinajstić information content (AvgIpc) is 3.09. The summed E-state index contributed by atoms with van der Waals surface area (Å²) in [5, 5.41) is 5.52. The molecule has 5 aromatic rings. The van der Waals surface area contributed by atoms with E-state index in [4.69, 9.17) is 9.10 Å². The maximum absolute atomic E-state index is 9.29. The molecule has 0 saturated heterocycles. The van der Waals surface area contributed by atoms with Crippen molar-refractivity contribution in [2.75, 3.05) is 0 Å². The smallest absolute Gasteiger partial charge is 0.221 e. The molecule has 0 aliphatic heterocycles. The summed E-state index contributed by atoms with van der Waals surface area (Å²) in [6.07, 6.45) is -0.309. The van der Waals surface area contributed by atoms with Gasteiger partial charge in [0.15, 0.2) is 6.20 Å². The molecule has 0 fully saturated rings. The van der Waals surface area contributed by atoms with Crippen molar-refractivity contribution in [2.45, 2.75) is 47.8 Å². The van der Waals surface area contributed by atoms with Gasteiger partial charge in [-0.1, -0.05) is 39.0 Å². The quantitative estimate of drug-likeness (QED) is 0.210. The molecule has 5 rings (SSSR count). The van der Waals surface area contributed by atoms with Gasteiger partial charge in [0.2, 0.25) is 5.52 Å². The highest BCUT2D eigenvalue weighted by molar-refractivity contribution is 7.18. The van der Waals surface area contributed by atoms with Crippen LogP contribution < -0.4 is 4.57 Å². The Balaban J connectivity index is 2.22. The Labute approximate surface area is 189 Å². The lowest BCUT2D eigenvalue weighted by atomic mass is 9.83.